The van der Waals surface area contributed by atoms with Gasteiger partial charge in [-0.15, -0.1) is 11.8 Å². The summed E-state index contributed by atoms with van der Waals surface area (Å²) in [4.78, 5) is 15.8. The fourth-order valence-electron chi connectivity index (χ4n) is 4.39. The van der Waals surface area contributed by atoms with Gasteiger partial charge in [0, 0.05) is 24.1 Å². The molecule has 0 spiro atoms. The number of fused-ring (bicyclic) bond motifs is 1. The van der Waals surface area contributed by atoms with Crippen molar-refractivity contribution in [3.05, 3.63) is 54.8 Å². The Morgan fingerprint density at radius 2 is 1.94 bits per heavy atom. The molecule has 2 unspecified atom stereocenters. The molecule has 0 radical (unpaired) electrons. The van der Waals surface area contributed by atoms with Crippen molar-refractivity contribution in [2.45, 2.75) is 63.2 Å². The number of hydrogen-bond donors (Lipinski definition) is 0. The molecule has 2 aromatic rings. The van der Waals surface area contributed by atoms with E-state index >= 15 is 0 Å². The molecule has 5 nitrogen and oxygen atoms in total. The third-order valence-corrected chi connectivity index (χ3v) is 8.97. The summed E-state index contributed by atoms with van der Waals surface area (Å²) in [6.45, 7) is 9.42. The summed E-state index contributed by atoms with van der Waals surface area (Å²) < 4.78 is 24.7. The predicted octanol–water partition coefficient (Wildman–Crippen LogP) is 7.10. The van der Waals surface area contributed by atoms with Crippen molar-refractivity contribution in [1.29, 1.82) is 0 Å². The number of esters is 1. The van der Waals surface area contributed by atoms with Crippen LogP contribution in [0.2, 0.25) is 0 Å². The molecule has 3 rings (SSSR count). The summed E-state index contributed by atoms with van der Waals surface area (Å²) in [6, 6.07) is 14.4. The first-order chi connectivity index (χ1) is 17.0. The van der Waals surface area contributed by atoms with Crippen LogP contribution in [0.4, 0.5) is 11.4 Å². The number of rotatable bonds is 11. The number of ether oxygens (including phenoxy) is 2. The molecule has 0 bridgehead atoms. The second-order valence-corrected chi connectivity index (χ2v) is 11.5. The molecule has 0 saturated carbocycles. The van der Waals surface area contributed by atoms with Crippen LogP contribution in [0.25, 0.3) is 0 Å². The van der Waals surface area contributed by atoms with E-state index in [9.17, 15) is 9.00 Å². The molecule has 7 heteroatoms. The molecule has 1 heterocycles. The number of nitrogens with zero attached hydrogens (tertiary/aromatic N) is 1. The van der Waals surface area contributed by atoms with Crippen molar-refractivity contribution in [2.24, 2.45) is 5.41 Å². The molecule has 2 atom stereocenters. The predicted molar refractivity (Wildman–Crippen MR) is 146 cm³/mol. The molecular formula is C28H37NO4S2. The minimum absolute atomic E-state index is 0.0430. The number of unbranched alkanes of at least 4 members (excludes halogenated alkanes) is 1. The van der Waals surface area contributed by atoms with Crippen LogP contribution in [-0.2, 0) is 20.3 Å². The summed E-state index contributed by atoms with van der Waals surface area (Å²) in [7, 11) is -1.19. The third-order valence-electron chi connectivity index (χ3n) is 6.36. The Labute approximate surface area is 216 Å². The van der Waals surface area contributed by atoms with E-state index in [4.69, 9.17) is 9.47 Å². The maximum absolute atomic E-state index is 13.8. The Kier molecular flexibility index (Phi) is 10.3. The van der Waals surface area contributed by atoms with Gasteiger partial charge in [0.05, 0.1) is 45.2 Å². The van der Waals surface area contributed by atoms with E-state index in [1.807, 2.05) is 12.1 Å². The number of benzene rings is 2. The molecule has 0 aromatic heterocycles. The Morgan fingerprint density at radius 1 is 1.17 bits per heavy atom. The van der Waals surface area contributed by atoms with Crippen LogP contribution in [0, 0.1) is 5.41 Å². The molecule has 0 N–H and O–H groups in total. The minimum Gasteiger partial charge on any atom is -0.464 e. The van der Waals surface area contributed by atoms with Crippen molar-refractivity contribution in [3.63, 3.8) is 0 Å². The number of hydrogen-bond acceptors (Lipinski definition) is 6. The summed E-state index contributed by atoms with van der Waals surface area (Å²) >= 11 is 1.67. The third kappa shape index (κ3) is 6.91. The smallest absolute Gasteiger partial charge is 0.333 e. The number of carbonyl (C=O) groups is 1. The van der Waals surface area contributed by atoms with E-state index in [2.05, 4.69) is 56.0 Å². The van der Waals surface area contributed by atoms with Gasteiger partial charge in [-0.25, -0.2) is 4.79 Å². The molecule has 1 aliphatic heterocycles. The van der Waals surface area contributed by atoms with Crippen LogP contribution in [0.5, 0.6) is 5.75 Å². The van der Waals surface area contributed by atoms with Gasteiger partial charge in [-0.05, 0) is 49.1 Å². The lowest BCUT2D eigenvalue weighted by atomic mass is 9.81. The highest BCUT2D eigenvalue weighted by Gasteiger charge is 2.38. The van der Waals surface area contributed by atoms with Gasteiger partial charge < -0.3 is 14.4 Å². The number of carbonyl (C=O) groups excluding carboxylic acids is 1. The Hall–Kier alpha value is -2.25. The number of para-hydroxylation sites is 1. The zero-order valence-electron chi connectivity index (χ0n) is 21.2. The van der Waals surface area contributed by atoms with E-state index in [0.29, 0.717) is 18.1 Å². The van der Waals surface area contributed by atoms with Crippen LogP contribution in [0.1, 0.15) is 53.4 Å². The van der Waals surface area contributed by atoms with Gasteiger partial charge in [-0.3, -0.25) is 4.21 Å². The molecule has 2 aromatic carbocycles. The van der Waals surface area contributed by atoms with Gasteiger partial charge in [0.2, 0.25) is 0 Å². The molecule has 0 amide bonds. The van der Waals surface area contributed by atoms with E-state index in [-0.39, 0.29) is 5.41 Å². The normalized spacial score (nSPS) is 19.9. The standard InChI is InChI=1S/C28H37NO4S2/c1-5-9-16-28(6-2)20-29(22-13-11-10-12-14-22)23-18-25(34-8-4)24(19-26(23)35(31)21-28)33-17-15-27(30)32-7-3/h10-15,17-19H,5-9,16,20-21H2,1-4H3/b17-15+. The van der Waals surface area contributed by atoms with E-state index < -0.39 is 16.8 Å². The second kappa shape index (κ2) is 13.2. The SMILES string of the molecule is CCCCC1(CC)CN(c2ccccc2)c2cc(SCC)c(O/C=C/C(=O)OCC)cc2S(=O)C1. The lowest BCUT2D eigenvalue weighted by Gasteiger charge is -2.36. The average molecular weight is 516 g/mol. The van der Waals surface area contributed by atoms with Gasteiger partial charge in [0.1, 0.15) is 5.75 Å². The number of thioether (sulfide) groups is 1. The zero-order chi connectivity index (χ0) is 25.3. The zero-order valence-corrected chi connectivity index (χ0v) is 22.9. The molecule has 0 fully saturated rings. The first-order valence-electron chi connectivity index (χ1n) is 12.5. The maximum Gasteiger partial charge on any atom is 0.333 e. The van der Waals surface area contributed by atoms with Crippen LogP contribution in [0.15, 0.2) is 64.6 Å². The summed E-state index contributed by atoms with van der Waals surface area (Å²) in [6.07, 6.45) is 6.88. The van der Waals surface area contributed by atoms with Crippen LogP contribution >= 0.6 is 11.8 Å². The van der Waals surface area contributed by atoms with Crippen molar-refractivity contribution in [3.8, 4) is 5.75 Å². The maximum atomic E-state index is 13.8. The van der Waals surface area contributed by atoms with E-state index in [0.717, 1.165) is 59.1 Å². The summed E-state index contributed by atoms with van der Waals surface area (Å²) in [5, 5.41) is 0. The Balaban J connectivity index is 2.10. The highest BCUT2D eigenvalue weighted by atomic mass is 32.2. The molecule has 190 valence electrons. The van der Waals surface area contributed by atoms with Crippen LogP contribution in [-0.4, -0.2) is 34.8 Å². The monoisotopic (exact) mass is 515 g/mol. The first kappa shape index (κ1) is 27.3. The van der Waals surface area contributed by atoms with Gasteiger partial charge in [-0.2, -0.15) is 0 Å². The van der Waals surface area contributed by atoms with E-state index in [1.165, 1.54) is 12.3 Å². The topological polar surface area (TPSA) is 55.8 Å². The van der Waals surface area contributed by atoms with Crippen LogP contribution < -0.4 is 9.64 Å². The molecule has 35 heavy (non-hydrogen) atoms. The van der Waals surface area contributed by atoms with E-state index in [1.54, 1.807) is 18.7 Å². The highest BCUT2D eigenvalue weighted by Crippen LogP contribution is 2.46. The molecule has 1 aliphatic rings. The lowest BCUT2D eigenvalue weighted by Crippen LogP contribution is -2.37. The van der Waals surface area contributed by atoms with Gasteiger partial charge in [-0.1, -0.05) is 51.8 Å². The molecular weight excluding hydrogens is 478 g/mol. The van der Waals surface area contributed by atoms with Gasteiger partial charge >= 0.3 is 5.97 Å². The summed E-state index contributed by atoms with van der Waals surface area (Å²) in [5.74, 6) is 1.64. The lowest BCUT2D eigenvalue weighted by molar-refractivity contribution is -0.137. The largest absolute Gasteiger partial charge is 0.464 e. The quantitative estimate of drug-likeness (QED) is 0.138. The fraction of sp³-hybridized carbons (Fsp3) is 0.464. The first-order valence-corrected chi connectivity index (χ1v) is 14.8. The second-order valence-electron chi connectivity index (χ2n) is 8.74. The minimum atomic E-state index is -1.19. The van der Waals surface area contributed by atoms with Crippen molar-refractivity contribution in [2.75, 3.05) is 29.6 Å². The van der Waals surface area contributed by atoms with Crippen molar-refractivity contribution >= 4 is 39.9 Å². The van der Waals surface area contributed by atoms with Crippen LogP contribution in [0.3, 0.4) is 0 Å². The highest BCUT2D eigenvalue weighted by molar-refractivity contribution is 7.99. The average Bonchev–Trinajstić information content (AvgIpc) is 2.98. The molecule has 0 aliphatic carbocycles. The van der Waals surface area contributed by atoms with Crippen molar-refractivity contribution < 1.29 is 18.5 Å². The summed E-state index contributed by atoms with van der Waals surface area (Å²) in [5.41, 5.74) is 2.03. The van der Waals surface area contributed by atoms with Gasteiger partial charge in [0.25, 0.3) is 0 Å². The van der Waals surface area contributed by atoms with Gasteiger partial charge in [0.15, 0.2) is 0 Å². The number of anilines is 2. The van der Waals surface area contributed by atoms with Crippen molar-refractivity contribution in [1.82, 2.24) is 0 Å². The molecule has 0 saturated heterocycles. The Bertz CT molecular complexity index is 1040. The Morgan fingerprint density at radius 3 is 2.60 bits per heavy atom. The fourth-order valence-corrected chi connectivity index (χ4v) is 6.94.